The van der Waals surface area contributed by atoms with E-state index in [0.717, 1.165) is 12.2 Å². The van der Waals surface area contributed by atoms with E-state index in [0.29, 0.717) is 6.04 Å². The normalized spacial score (nSPS) is 10.7. The third kappa shape index (κ3) is 2.19. The predicted molar refractivity (Wildman–Crippen MR) is 40.6 cm³/mol. The van der Waals surface area contributed by atoms with E-state index in [9.17, 15) is 0 Å². The maximum absolute atomic E-state index is 4.07. The van der Waals surface area contributed by atoms with Gasteiger partial charge in [0.15, 0.2) is 0 Å². The Labute approximate surface area is 60.9 Å². The van der Waals surface area contributed by atoms with E-state index in [1.807, 2.05) is 6.20 Å². The van der Waals surface area contributed by atoms with Crippen molar-refractivity contribution in [3.8, 4) is 0 Å². The van der Waals surface area contributed by atoms with Crippen LogP contribution >= 0.6 is 0 Å². The molecule has 3 heteroatoms. The standard InChI is InChI=1S/C7H13N3/c1-6(2)9-4-7-3-8-5-10-7/h3,5-6,9H,4H2,1-2H3,(H,8,10). The molecule has 3 nitrogen and oxygen atoms in total. The van der Waals surface area contributed by atoms with Gasteiger partial charge >= 0.3 is 0 Å². The summed E-state index contributed by atoms with van der Waals surface area (Å²) < 4.78 is 0. The fourth-order valence-corrected chi connectivity index (χ4v) is 0.696. The molecule has 0 aromatic carbocycles. The average Bonchev–Trinajstić information content (AvgIpc) is 2.34. The van der Waals surface area contributed by atoms with Crippen LogP contribution in [-0.2, 0) is 6.54 Å². The highest BCUT2D eigenvalue weighted by atomic mass is 14.9. The first-order valence-corrected chi connectivity index (χ1v) is 3.50. The van der Waals surface area contributed by atoms with Crippen LogP contribution in [0, 0.1) is 0 Å². The van der Waals surface area contributed by atoms with Gasteiger partial charge in [0, 0.05) is 18.8 Å². The van der Waals surface area contributed by atoms with Crippen LogP contribution in [-0.4, -0.2) is 16.0 Å². The number of nitrogens with zero attached hydrogens (tertiary/aromatic N) is 1. The monoisotopic (exact) mass is 139 g/mol. The summed E-state index contributed by atoms with van der Waals surface area (Å²) in [7, 11) is 0. The summed E-state index contributed by atoms with van der Waals surface area (Å²) in [5.74, 6) is 0. The molecule has 10 heavy (non-hydrogen) atoms. The summed E-state index contributed by atoms with van der Waals surface area (Å²) in [6.45, 7) is 5.08. The highest BCUT2D eigenvalue weighted by molar-refractivity contribution is 4.93. The summed E-state index contributed by atoms with van der Waals surface area (Å²) in [6.07, 6.45) is 3.59. The predicted octanol–water partition coefficient (Wildman–Crippen LogP) is 0.908. The van der Waals surface area contributed by atoms with Gasteiger partial charge in [0.1, 0.15) is 0 Å². The number of imidazole rings is 1. The molecule has 1 aromatic rings. The Bertz CT molecular complexity index is 167. The van der Waals surface area contributed by atoms with Gasteiger partial charge in [0.2, 0.25) is 0 Å². The lowest BCUT2D eigenvalue weighted by molar-refractivity contribution is 0.583. The van der Waals surface area contributed by atoms with Gasteiger partial charge in [-0.25, -0.2) is 4.98 Å². The number of rotatable bonds is 3. The first kappa shape index (κ1) is 7.28. The molecule has 0 spiro atoms. The molecular formula is C7H13N3. The summed E-state index contributed by atoms with van der Waals surface area (Å²) in [4.78, 5) is 6.97. The van der Waals surface area contributed by atoms with Crippen LogP contribution < -0.4 is 5.32 Å². The fourth-order valence-electron chi connectivity index (χ4n) is 0.696. The van der Waals surface area contributed by atoms with Crippen LogP contribution in [0.3, 0.4) is 0 Å². The summed E-state index contributed by atoms with van der Waals surface area (Å²) >= 11 is 0. The second kappa shape index (κ2) is 3.37. The molecule has 0 fully saturated rings. The molecule has 0 amide bonds. The zero-order chi connectivity index (χ0) is 7.40. The van der Waals surface area contributed by atoms with Crippen molar-refractivity contribution in [3.05, 3.63) is 18.2 Å². The maximum atomic E-state index is 4.07. The lowest BCUT2D eigenvalue weighted by Crippen LogP contribution is -2.21. The van der Waals surface area contributed by atoms with Crippen molar-refractivity contribution in [2.75, 3.05) is 0 Å². The maximum Gasteiger partial charge on any atom is 0.0923 e. The van der Waals surface area contributed by atoms with Gasteiger partial charge in [-0.3, -0.25) is 0 Å². The van der Waals surface area contributed by atoms with E-state index in [4.69, 9.17) is 0 Å². The minimum absolute atomic E-state index is 0.525. The molecule has 0 radical (unpaired) electrons. The van der Waals surface area contributed by atoms with Crippen molar-refractivity contribution in [3.63, 3.8) is 0 Å². The van der Waals surface area contributed by atoms with Gasteiger partial charge in [-0.15, -0.1) is 0 Å². The average molecular weight is 139 g/mol. The molecule has 0 bridgehead atoms. The van der Waals surface area contributed by atoms with Gasteiger partial charge in [-0.05, 0) is 0 Å². The van der Waals surface area contributed by atoms with E-state index in [1.54, 1.807) is 6.33 Å². The second-order valence-corrected chi connectivity index (χ2v) is 2.60. The van der Waals surface area contributed by atoms with Crippen molar-refractivity contribution in [2.24, 2.45) is 0 Å². The number of hydrogen-bond acceptors (Lipinski definition) is 2. The minimum Gasteiger partial charge on any atom is -0.351 e. The number of aromatic nitrogens is 2. The van der Waals surface area contributed by atoms with Crippen molar-refractivity contribution in [1.82, 2.24) is 15.3 Å². The van der Waals surface area contributed by atoms with Crippen molar-refractivity contribution in [2.45, 2.75) is 26.4 Å². The van der Waals surface area contributed by atoms with Gasteiger partial charge in [0.25, 0.3) is 0 Å². The lowest BCUT2D eigenvalue weighted by Gasteiger charge is -2.04. The van der Waals surface area contributed by atoms with Crippen LogP contribution in [0.5, 0.6) is 0 Å². The summed E-state index contributed by atoms with van der Waals surface area (Å²) in [5.41, 5.74) is 1.06. The van der Waals surface area contributed by atoms with Gasteiger partial charge < -0.3 is 10.3 Å². The molecule has 1 rings (SSSR count). The van der Waals surface area contributed by atoms with E-state index in [-0.39, 0.29) is 0 Å². The Kier molecular flexibility index (Phi) is 2.45. The molecule has 0 aliphatic rings. The number of nitrogens with one attached hydrogen (secondary N) is 2. The van der Waals surface area contributed by atoms with Crippen LogP contribution in [0.15, 0.2) is 12.5 Å². The Balaban J connectivity index is 2.28. The highest BCUT2D eigenvalue weighted by Crippen LogP contribution is 1.89. The first-order valence-electron chi connectivity index (χ1n) is 3.50. The summed E-state index contributed by atoms with van der Waals surface area (Å²) in [6, 6.07) is 0.525. The molecule has 0 saturated carbocycles. The zero-order valence-corrected chi connectivity index (χ0v) is 6.39. The smallest absolute Gasteiger partial charge is 0.0923 e. The number of aromatic amines is 1. The van der Waals surface area contributed by atoms with E-state index < -0.39 is 0 Å². The van der Waals surface area contributed by atoms with Crippen molar-refractivity contribution >= 4 is 0 Å². The molecule has 0 unspecified atom stereocenters. The van der Waals surface area contributed by atoms with Gasteiger partial charge in [0.05, 0.1) is 12.0 Å². The van der Waals surface area contributed by atoms with Gasteiger partial charge in [-0.2, -0.15) is 0 Å². The van der Waals surface area contributed by atoms with Gasteiger partial charge in [-0.1, -0.05) is 13.8 Å². The van der Waals surface area contributed by atoms with Crippen LogP contribution in [0.2, 0.25) is 0 Å². The molecule has 1 heterocycles. The highest BCUT2D eigenvalue weighted by Gasteiger charge is 1.94. The van der Waals surface area contributed by atoms with Crippen molar-refractivity contribution < 1.29 is 0 Å². The Morgan fingerprint density at radius 1 is 1.70 bits per heavy atom. The van der Waals surface area contributed by atoms with Crippen LogP contribution in [0.25, 0.3) is 0 Å². The molecule has 0 aliphatic carbocycles. The largest absolute Gasteiger partial charge is 0.351 e. The van der Waals surface area contributed by atoms with Crippen LogP contribution in [0.1, 0.15) is 19.5 Å². The Morgan fingerprint density at radius 3 is 3.00 bits per heavy atom. The van der Waals surface area contributed by atoms with E-state index >= 15 is 0 Å². The lowest BCUT2D eigenvalue weighted by atomic mass is 10.4. The molecule has 2 N–H and O–H groups in total. The fraction of sp³-hybridized carbons (Fsp3) is 0.571. The molecule has 0 saturated heterocycles. The van der Waals surface area contributed by atoms with E-state index in [2.05, 4.69) is 29.1 Å². The molecule has 56 valence electrons. The minimum atomic E-state index is 0.525. The topological polar surface area (TPSA) is 40.7 Å². The first-order chi connectivity index (χ1) is 4.79. The Hall–Kier alpha value is -0.830. The third-order valence-electron chi connectivity index (χ3n) is 1.25. The second-order valence-electron chi connectivity index (χ2n) is 2.60. The Morgan fingerprint density at radius 2 is 2.50 bits per heavy atom. The molecule has 0 atom stereocenters. The van der Waals surface area contributed by atoms with E-state index in [1.165, 1.54) is 0 Å². The third-order valence-corrected chi connectivity index (χ3v) is 1.25. The number of hydrogen-bond donors (Lipinski definition) is 2. The molecular weight excluding hydrogens is 126 g/mol. The zero-order valence-electron chi connectivity index (χ0n) is 6.39. The quantitative estimate of drug-likeness (QED) is 0.653. The SMILES string of the molecule is CC(C)NCc1c[nH]cn1. The summed E-state index contributed by atoms with van der Waals surface area (Å²) in [5, 5.41) is 3.27. The molecule has 1 aromatic heterocycles. The van der Waals surface area contributed by atoms with Crippen molar-refractivity contribution in [1.29, 1.82) is 0 Å². The van der Waals surface area contributed by atoms with Crippen LogP contribution in [0.4, 0.5) is 0 Å². The molecule has 0 aliphatic heterocycles. The number of H-pyrrole nitrogens is 1.